The molecule has 0 unspecified atom stereocenters. The zero-order valence-electron chi connectivity index (χ0n) is 14.9. The normalized spacial score (nSPS) is 11.7. The molecule has 0 amide bonds. The van der Waals surface area contributed by atoms with Crippen LogP contribution in [0.15, 0.2) is 48.5 Å². The molecular weight excluding hydrogens is 352 g/mol. The first-order chi connectivity index (χ1) is 12.4. The number of nitrogens with one attached hydrogen (secondary N) is 2. The first-order valence-electron chi connectivity index (χ1n) is 8.00. The minimum absolute atomic E-state index is 0.0432. The number of likely N-dealkylation sites (N-methyl/N-ethyl adjacent to an activating group) is 1. The van der Waals surface area contributed by atoms with Crippen LogP contribution in [0.4, 0.5) is 11.4 Å². The quantitative estimate of drug-likeness (QED) is 0.438. The van der Waals surface area contributed by atoms with Gasteiger partial charge in [0, 0.05) is 24.4 Å². The topological polar surface area (TPSA) is 79.7 Å². The Bertz CT molecular complexity index is 748. The summed E-state index contributed by atoms with van der Waals surface area (Å²) >= 11 is 5.32. The van der Waals surface area contributed by atoms with Crippen molar-refractivity contribution < 1.29 is 9.66 Å². The Morgan fingerprint density at radius 2 is 1.81 bits per heavy atom. The maximum Gasteiger partial charge on any atom is 0.269 e. The fourth-order valence-corrected chi connectivity index (χ4v) is 2.66. The molecule has 8 heteroatoms. The number of hydrogen-bond donors (Lipinski definition) is 2. The van der Waals surface area contributed by atoms with Gasteiger partial charge in [0.05, 0.1) is 18.1 Å². The summed E-state index contributed by atoms with van der Waals surface area (Å²) in [5, 5.41) is 17.4. The number of hydrogen-bond acceptors (Lipinski definition) is 5. The Kier molecular flexibility index (Phi) is 6.88. The van der Waals surface area contributed by atoms with Crippen molar-refractivity contribution in [1.29, 1.82) is 0 Å². The molecule has 0 aromatic heterocycles. The van der Waals surface area contributed by atoms with Crippen molar-refractivity contribution in [3.05, 3.63) is 64.2 Å². The zero-order chi connectivity index (χ0) is 19.1. The highest BCUT2D eigenvalue weighted by molar-refractivity contribution is 7.80. The fourth-order valence-electron chi connectivity index (χ4n) is 2.46. The molecule has 0 saturated carbocycles. The van der Waals surface area contributed by atoms with Crippen molar-refractivity contribution in [3.8, 4) is 5.75 Å². The van der Waals surface area contributed by atoms with Crippen molar-refractivity contribution >= 4 is 28.7 Å². The number of rotatable bonds is 7. The average molecular weight is 374 g/mol. The predicted molar refractivity (Wildman–Crippen MR) is 107 cm³/mol. The van der Waals surface area contributed by atoms with E-state index < -0.39 is 4.92 Å². The first-order valence-corrected chi connectivity index (χ1v) is 8.41. The number of nitro benzene ring substituents is 1. The molecule has 0 saturated heterocycles. The lowest BCUT2D eigenvalue weighted by Gasteiger charge is -2.26. The van der Waals surface area contributed by atoms with E-state index in [-0.39, 0.29) is 11.7 Å². The van der Waals surface area contributed by atoms with Gasteiger partial charge in [-0.2, -0.15) is 0 Å². The monoisotopic (exact) mass is 374 g/mol. The van der Waals surface area contributed by atoms with Gasteiger partial charge in [0.2, 0.25) is 0 Å². The van der Waals surface area contributed by atoms with E-state index in [1.807, 2.05) is 38.4 Å². The van der Waals surface area contributed by atoms with Crippen molar-refractivity contribution in [3.63, 3.8) is 0 Å². The molecule has 0 bridgehead atoms. The number of ether oxygens (including phenoxy) is 1. The Labute approximate surface area is 158 Å². The molecule has 2 rings (SSSR count). The second-order valence-electron chi connectivity index (χ2n) is 5.89. The van der Waals surface area contributed by atoms with Crippen molar-refractivity contribution in [2.75, 3.05) is 33.1 Å². The first kappa shape index (κ1) is 19.6. The third-order valence-electron chi connectivity index (χ3n) is 3.92. The van der Waals surface area contributed by atoms with E-state index in [4.69, 9.17) is 17.0 Å². The van der Waals surface area contributed by atoms with Crippen LogP contribution in [0.25, 0.3) is 0 Å². The summed E-state index contributed by atoms with van der Waals surface area (Å²) in [6, 6.07) is 14.2. The van der Waals surface area contributed by atoms with E-state index in [0.717, 1.165) is 11.3 Å². The number of non-ortho nitro benzene ring substituents is 1. The lowest BCUT2D eigenvalue weighted by Crippen LogP contribution is -2.36. The Hall–Kier alpha value is -2.71. The molecule has 0 fully saturated rings. The van der Waals surface area contributed by atoms with Crippen LogP contribution >= 0.6 is 12.2 Å². The number of thiocarbonyl (C=S) groups is 1. The fraction of sp³-hybridized carbons (Fsp3) is 0.278. The largest absolute Gasteiger partial charge is 0.497 e. The molecule has 2 aromatic carbocycles. The summed E-state index contributed by atoms with van der Waals surface area (Å²) in [4.78, 5) is 12.4. The lowest BCUT2D eigenvalue weighted by molar-refractivity contribution is -0.384. The van der Waals surface area contributed by atoms with Crippen LogP contribution in [0.3, 0.4) is 0 Å². The average Bonchev–Trinajstić information content (AvgIpc) is 2.62. The Morgan fingerprint density at radius 3 is 2.31 bits per heavy atom. The van der Waals surface area contributed by atoms with E-state index in [1.54, 1.807) is 19.2 Å². The summed E-state index contributed by atoms with van der Waals surface area (Å²) in [5.74, 6) is 0.814. The van der Waals surface area contributed by atoms with Gasteiger partial charge in [-0.25, -0.2) is 0 Å². The minimum atomic E-state index is -0.434. The highest BCUT2D eigenvalue weighted by Crippen LogP contribution is 2.21. The standard InChI is InChI=1S/C18H22N4O3S/c1-21(2)17(13-4-10-16(25-3)11-5-13)12-19-18(26)20-14-6-8-15(9-7-14)22(23)24/h4-11,17H,12H2,1-3H3,(H2,19,20,26)/t17-/m1/s1. The van der Waals surface area contributed by atoms with Gasteiger partial charge in [-0.1, -0.05) is 12.1 Å². The Balaban J connectivity index is 1.95. The molecular formula is C18H22N4O3S. The molecule has 1 atom stereocenters. The van der Waals surface area contributed by atoms with Gasteiger partial charge < -0.3 is 20.3 Å². The van der Waals surface area contributed by atoms with Gasteiger partial charge in [-0.05, 0) is 56.1 Å². The summed E-state index contributed by atoms with van der Waals surface area (Å²) in [6.45, 7) is 0.609. The molecule has 0 spiro atoms. The van der Waals surface area contributed by atoms with E-state index in [9.17, 15) is 10.1 Å². The van der Waals surface area contributed by atoms with Crippen LogP contribution < -0.4 is 15.4 Å². The molecule has 0 aliphatic carbocycles. The van der Waals surface area contributed by atoms with Gasteiger partial charge in [-0.3, -0.25) is 10.1 Å². The number of nitro groups is 1. The van der Waals surface area contributed by atoms with Gasteiger partial charge in [0.15, 0.2) is 5.11 Å². The van der Waals surface area contributed by atoms with Crippen LogP contribution in [0.1, 0.15) is 11.6 Å². The molecule has 0 heterocycles. The summed E-state index contributed by atoms with van der Waals surface area (Å²) in [6.07, 6.45) is 0. The maximum atomic E-state index is 10.7. The molecule has 26 heavy (non-hydrogen) atoms. The second-order valence-corrected chi connectivity index (χ2v) is 6.30. The lowest BCUT2D eigenvalue weighted by atomic mass is 10.1. The van der Waals surface area contributed by atoms with Gasteiger partial charge in [0.25, 0.3) is 5.69 Å². The smallest absolute Gasteiger partial charge is 0.269 e. The van der Waals surface area contributed by atoms with Crippen LogP contribution in [-0.2, 0) is 0 Å². The molecule has 138 valence electrons. The van der Waals surface area contributed by atoms with Crippen molar-refractivity contribution in [2.45, 2.75) is 6.04 Å². The van der Waals surface area contributed by atoms with E-state index in [0.29, 0.717) is 17.3 Å². The van der Waals surface area contributed by atoms with E-state index in [1.165, 1.54) is 12.1 Å². The number of anilines is 1. The summed E-state index contributed by atoms with van der Waals surface area (Å²) < 4.78 is 5.19. The third kappa shape index (κ3) is 5.40. The second kappa shape index (κ2) is 9.12. The number of nitrogens with zero attached hydrogens (tertiary/aromatic N) is 2. The minimum Gasteiger partial charge on any atom is -0.497 e. The molecule has 7 nitrogen and oxygen atoms in total. The van der Waals surface area contributed by atoms with Crippen molar-refractivity contribution in [1.82, 2.24) is 10.2 Å². The zero-order valence-corrected chi connectivity index (χ0v) is 15.7. The highest BCUT2D eigenvalue weighted by atomic mass is 32.1. The summed E-state index contributed by atoms with van der Waals surface area (Å²) in [5.41, 5.74) is 1.88. The van der Waals surface area contributed by atoms with Crippen LogP contribution in [0.2, 0.25) is 0 Å². The third-order valence-corrected chi connectivity index (χ3v) is 4.16. The molecule has 0 radical (unpaired) electrons. The molecule has 2 N–H and O–H groups in total. The van der Waals surface area contributed by atoms with Crippen molar-refractivity contribution in [2.24, 2.45) is 0 Å². The van der Waals surface area contributed by atoms with Crippen LogP contribution in [0.5, 0.6) is 5.75 Å². The molecule has 0 aliphatic heterocycles. The van der Waals surface area contributed by atoms with Gasteiger partial charge in [-0.15, -0.1) is 0 Å². The number of benzene rings is 2. The summed E-state index contributed by atoms with van der Waals surface area (Å²) in [7, 11) is 5.65. The predicted octanol–water partition coefficient (Wildman–Crippen LogP) is 3.19. The Morgan fingerprint density at radius 1 is 1.19 bits per heavy atom. The van der Waals surface area contributed by atoms with E-state index in [2.05, 4.69) is 15.5 Å². The van der Waals surface area contributed by atoms with Gasteiger partial charge in [0.1, 0.15) is 5.75 Å². The molecule has 0 aliphatic rings. The number of methoxy groups -OCH3 is 1. The van der Waals surface area contributed by atoms with E-state index >= 15 is 0 Å². The SMILES string of the molecule is COc1ccc([C@@H](CNC(=S)Nc2ccc([N+](=O)[O-])cc2)N(C)C)cc1. The molecule has 2 aromatic rings. The van der Waals surface area contributed by atoms with Crippen LogP contribution in [-0.4, -0.2) is 42.7 Å². The maximum absolute atomic E-state index is 10.7. The highest BCUT2D eigenvalue weighted by Gasteiger charge is 2.14. The van der Waals surface area contributed by atoms with Gasteiger partial charge >= 0.3 is 0 Å². The van der Waals surface area contributed by atoms with Crippen LogP contribution in [0, 0.1) is 10.1 Å².